The number of hydrogen-bond donors (Lipinski definition) is 0. The third kappa shape index (κ3) is 2.19. The lowest BCUT2D eigenvalue weighted by Crippen LogP contribution is -2.31. The number of rotatable bonds is 4. The molecule has 0 fully saturated rings. The number of nitrogens with zero attached hydrogens (tertiary/aromatic N) is 1. The van der Waals surface area contributed by atoms with E-state index in [0.29, 0.717) is 12.1 Å². The summed E-state index contributed by atoms with van der Waals surface area (Å²) in [6, 6.07) is 2.92. The van der Waals surface area contributed by atoms with Gasteiger partial charge in [0.25, 0.3) is 11.7 Å². The number of halogens is 2. The summed E-state index contributed by atoms with van der Waals surface area (Å²) in [5.41, 5.74) is 0.983. The first-order valence-corrected chi connectivity index (χ1v) is 6.90. The molecule has 1 aliphatic rings. The Hall–Kier alpha value is -1.23. The van der Waals surface area contributed by atoms with Gasteiger partial charge in [-0.3, -0.25) is 9.59 Å². The Labute approximate surface area is 113 Å². The van der Waals surface area contributed by atoms with Crippen LogP contribution in [-0.4, -0.2) is 23.6 Å². The SMILES string of the molecule is Cc1cc(F)c2c(c1)C(=O)C(=O)N2CCCCBr. The minimum Gasteiger partial charge on any atom is -0.302 e. The highest BCUT2D eigenvalue weighted by Gasteiger charge is 2.37. The number of aryl methyl sites for hydroxylation is 1. The largest absolute Gasteiger partial charge is 0.302 e. The number of hydrogen-bond acceptors (Lipinski definition) is 2. The van der Waals surface area contributed by atoms with Crippen LogP contribution in [0.15, 0.2) is 12.1 Å². The van der Waals surface area contributed by atoms with Gasteiger partial charge in [0, 0.05) is 11.9 Å². The van der Waals surface area contributed by atoms with E-state index in [-0.39, 0.29) is 11.3 Å². The quantitative estimate of drug-likeness (QED) is 0.487. The van der Waals surface area contributed by atoms with Crippen molar-refractivity contribution in [1.29, 1.82) is 0 Å². The number of unbranched alkanes of at least 4 members (excludes halogenated alkanes) is 1. The van der Waals surface area contributed by atoms with E-state index in [4.69, 9.17) is 0 Å². The summed E-state index contributed by atoms with van der Waals surface area (Å²) in [6.45, 7) is 2.08. The van der Waals surface area contributed by atoms with Crippen molar-refractivity contribution in [2.75, 3.05) is 16.8 Å². The van der Waals surface area contributed by atoms with E-state index in [9.17, 15) is 14.0 Å². The van der Waals surface area contributed by atoms with Crippen LogP contribution in [0.25, 0.3) is 0 Å². The average molecular weight is 314 g/mol. The Kier molecular flexibility index (Phi) is 3.80. The second-order valence-corrected chi connectivity index (χ2v) is 5.12. The average Bonchev–Trinajstić information content (AvgIpc) is 2.55. The van der Waals surface area contributed by atoms with Gasteiger partial charge >= 0.3 is 0 Å². The highest BCUT2D eigenvalue weighted by atomic mass is 79.9. The molecule has 1 heterocycles. The lowest BCUT2D eigenvalue weighted by Gasteiger charge is -2.16. The molecule has 1 aromatic rings. The molecule has 0 saturated heterocycles. The molecular weight excluding hydrogens is 301 g/mol. The van der Waals surface area contributed by atoms with Gasteiger partial charge in [-0.05, 0) is 37.5 Å². The minimum atomic E-state index is -0.621. The summed E-state index contributed by atoms with van der Waals surface area (Å²) >= 11 is 3.30. The van der Waals surface area contributed by atoms with E-state index in [1.165, 1.54) is 11.0 Å². The molecule has 1 aliphatic heterocycles. The summed E-state index contributed by atoms with van der Waals surface area (Å²) in [5, 5.41) is 0.826. The molecule has 0 saturated carbocycles. The molecule has 1 aromatic carbocycles. The predicted molar refractivity (Wildman–Crippen MR) is 70.8 cm³/mol. The number of benzene rings is 1. The van der Waals surface area contributed by atoms with Crippen LogP contribution in [0.1, 0.15) is 28.8 Å². The summed E-state index contributed by atoms with van der Waals surface area (Å²) in [4.78, 5) is 24.9. The van der Waals surface area contributed by atoms with Gasteiger partial charge in [0.1, 0.15) is 5.82 Å². The van der Waals surface area contributed by atoms with Crippen LogP contribution in [0, 0.1) is 12.7 Å². The van der Waals surface area contributed by atoms with Crippen molar-refractivity contribution < 1.29 is 14.0 Å². The van der Waals surface area contributed by atoms with E-state index >= 15 is 0 Å². The van der Waals surface area contributed by atoms with Crippen LogP contribution >= 0.6 is 15.9 Å². The second-order valence-electron chi connectivity index (χ2n) is 4.32. The zero-order valence-corrected chi connectivity index (χ0v) is 11.6. The third-order valence-corrected chi connectivity index (χ3v) is 3.49. The van der Waals surface area contributed by atoms with E-state index < -0.39 is 17.5 Å². The first kappa shape index (κ1) is 13.2. The van der Waals surface area contributed by atoms with Crippen molar-refractivity contribution >= 4 is 33.3 Å². The lowest BCUT2D eigenvalue weighted by atomic mass is 10.1. The van der Waals surface area contributed by atoms with Crippen molar-refractivity contribution in [3.8, 4) is 0 Å². The number of alkyl halides is 1. The molecule has 0 unspecified atom stereocenters. The number of fused-ring (bicyclic) bond motifs is 1. The van der Waals surface area contributed by atoms with Crippen LogP contribution in [0.4, 0.5) is 10.1 Å². The van der Waals surface area contributed by atoms with Gasteiger partial charge in [-0.2, -0.15) is 0 Å². The maximum atomic E-state index is 13.9. The zero-order valence-electron chi connectivity index (χ0n) is 10.0. The molecule has 0 aliphatic carbocycles. The van der Waals surface area contributed by atoms with Gasteiger partial charge in [-0.1, -0.05) is 15.9 Å². The fourth-order valence-corrected chi connectivity index (χ4v) is 2.50. The van der Waals surface area contributed by atoms with Crippen molar-refractivity contribution in [2.24, 2.45) is 0 Å². The first-order valence-electron chi connectivity index (χ1n) is 5.78. The van der Waals surface area contributed by atoms with Gasteiger partial charge in [0.2, 0.25) is 0 Å². The molecule has 1 amide bonds. The number of Topliss-reactive ketones (excluding diaryl/α,β-unsaturated/α-hetero) is 1. The Morgan fingerprint density at radius 2 is 2.00 bits per heavy atom. The zero-order chi connectivity index (χ0) is 13.3. The third-order valence-electron chi connectivity index (χ3n) is 2.93. The van der Waals surface area contributed by atoms with Crippen molar-refractivity contribution in [2.45, 2.75) is 19.8 Å². The maximum Gasteiger partial charge on any atom is 0.299 e. The number of ketones is 1. The highest BCUT2D eigenvalue weighted by molar-refractivity contribution is 9.09. The topological polar surface area (TPSA) is 37.4 Å². The van der Waals surface area contributed by atoms with Crippen molar-refractivity contribution in [3.63, 3.8) is 0 Å². The molecule has 2 rings (SSSR count). The van der Waals surface area contributed by atoms with E-state index in [2.05, 4.69) is 15.9 Å². The molecule has 18 heavy (non-hydrogen) atoms. The van der Waals surface area contributed by atoms with Crippen molar-refractivity contribution in [3.05, 3.63) is 29.1 Å². The fraction of sp³-hybridized carbons (Fsp3) is 0.385. The highest BCUT2D eigenvalue weighted by Crippen LogP contribution is 2.32. The van der Waals surface area contributed by atoms with E-state index in [1.807, 2.05) is 0 Å². The van der Waals surface area contributed by atoms with Gasteiger partial charge in [-0.15, -0.1) is 0 Å². The van der Waals surface area contributed by atoms with Crippen LogP contribution in [-0.2, 0) is 4.79 Å². The Balaban J connectivity index is 2.36. The number of anilines is 1. The Bertz CT molecular complexity index is 516. The molecule has 96 valence electrons. The van der Waals surface area contributed by atoms with Gasteiger partial charge in [-0.25, -0.2) is 4.39 Å². The molecule has 0 spiro atoms. The maximum absolute atomic E-state index is 13.9. The van der Waals surface area contributed by atoms with Crippen LogP contribution in [0.3, 0.4) is 0 Å². The molecular formula is C13H13BrFNO2. The van der Waals surface area contributed by atoms with Crippen LogP contribution in [0.5, 0.6) is 0 Å². The summed E-state index contributed by atoms with van der Waals surface area (Å²) in [5.74, 6) is -1.72. The first-order chi connectivity index (χ1) is 8.56. The van der Waals surface area contributed by atoms with Gasteiger partial charge in [0.05, 0.1) is 11.3 Å². The van der Waals surface area contributed by atoms with Crippen molar-refractivity contribution in [1.82, 2.24) is 0 Å². The summed E-state index contributed by atoms with van der Waals surface area (Å²) < 4.78 is 13.9. The Morgan fingerprint density at radius 1 is 1.28 bits per heavy atom. The smallest absolute Gasteiger partial charge is 0.299 e. The lowest BCUT2D eigenvalue weighted by molar-refractivity contribution is -0.114. The molecule has 3 nitrogen and oxygen atoms in total. The van der Waals surface area contributed by atoms with Crippen LogP contribution in [0.2, 0.25) is 0 Å². The van der Waals surface area contributed by atoms with E-state index in [1.54, 1.807) is 13.0 Å². The number of amides is 1. The fourth-order valence-electron chi connectivity index (χ4n) is 2.10. The normalized spacial score (nSPS) is 14.3. The predicted octanol–water partition coefficient (Wildman–Crippen LogP) is 2.84. The monoisotopic (exact) mass is 313 g/mol. The molecule has 0 bridgehead atoms. The molecule has 0 atom stereocenters. The number of carbonyl (C=O) groups excluding carboxylic acids is 2. The molecule has 0 radical (unpaired) electrons. The Morgan fingerprint density at radius 3 is 2.67 bits per heavy atom. The van der Waals surface area contributed by atoms with Crippen LogP contribution < -0.4 is 4.90 Å². The summed E-state index contributed by atoms with van der Waals surface area (Å²) in [6.07, 6.45) is 1.61. The standard InChI is InChI=1S/C13H13BrFNO2/c1-8-6-9-11(10(15)7-8)16(5-3-2-4-14)13(18)12(9)17/h6-7H,2-5H2,1H3. The van der Waals surface area contributed by atoms with E-state index in [0.717, 1.165) is 18.2 Å². The molecule has 0 aromatic heterocycles. The molecule has 5 heteroatoms. The molecule has 0 N–H and O–H groups in total. The second kappa shape index (κ2) is 5.18. The van der Waals surface area contributed by atoms with Gasteiger partial charge in [0.15, 0.2) is 0 Å². The summed E-state index contributed by atoms with van der Waals surface area (Å²) in [7, 11) is 0. The van der Waals surface area contributed by atoms with Gasteiger partial charge < -0.3 is 4.90 Å². The minimum absolute atomic E-state index is 0.144. The number of carbonyl (C=O) groups is 2.